The molecule has 0 aliphatic carbocycles. The van der Waals surface area contributed by atoms with Crippen LogP contribution >= 0.6 is 0 Å². The monoisotopic (exact) mass is 103 g/mol. The molecule has 1 nitrogen and oxygen atoms in total. The van der Waals surface area contributed by atoms with Crippen molar-refractivity contribution in [2.45, 2.75) is 6.42 Å². The lowest BCUT2D eigenvalue weighted by Crippen LogP contribution is -1.81. The van der Waals surface area contributed by atoms with Gasteiger partial charge in [-0.2, -0.15) is 0 Å². The number of rotatable bonds is 2. The van der Waals surface area contributed by atoms with Gasteiger partial charge in [-0.1, -0.05) is 6.92 Å². The highest BCUT2D eigenvalue weighted by Crippen LogP contribution is 1.69. The first-order chi connectivity index (χ1) is 2.41. The van der Waals surface area contributed by atoms with Crippen LogP contribution in [0.1, 0.15) is 6.42 Å². The van der Waals surface area contributed by atoms with Gasteiger partial charge in [0, 0.05) is 13.7 Å². The van der Waals surface area contributed by atoms with Crippen LogP contribution in [-0.2, 0) is 4.74 Å². The molecule has 0 aliphatic heterocycles. The van der Waals surface area contributed by atoms with Crippen LogP contribution in [-0.4, -0.2) is 31.1 Å². The van der Waals surface area contributed by atoms with Crippen molar-refractivity contribution in [1.82, 2.24) is 0 Å². The van der Waals surface area contributed by atoms with E-state index in [1.165, 1.54) is 0 Å². The minimum Gasteiger partial charge on any atom is -0.385 e. The van der Waals surface area contributed by atoms with Gasteiger partial charge < -0.3 is 4.74 Å². The van der Waals surface area contributed by atoms with Crippen molar-refractivity contribution in [3.05, 3.63) is 6.92 Å². The van der Waals surface area contributed by atoms with Gasteiger partial charge in [-0.05, 0) is 6.42 Å². The average molecular weight is 103 g/mol. The van der Waals surface area contributed by atoms with E-state index in [1.807, 2.05) is 0 Å². The Balaban J connectivity index is 0. The number of ether oxygens (including phenoxy) is 1. The first kappa shape index (κ1) is 9.70. The molecule has 6 heavy (non-hydrogen) atoms. The summed E-state index contributed by atoms with van der Waals surface area (Å²) in [5.74, 6) is 0. The fraction of sp³-hybridized carbons (Fsp3) is 0.750. The van der Waals surface area contributed by atoms with E-state index in [1.54, 1.807) is 7.11 Å². The third-order valence-corrected chi connectivity index (χ3v) is 0.348. The molecule has 0 saturated heterocycles. The molecule has 0 rings (SSSR count). The van der Waals surface area contributed by atoms with Crippen molar-refractivity contribution >= 4 is 17.4 Å². The maximum atomic E-state index is 4.63. The Labute approximate surface area is 49.8 Å². The Morgan fingerprint density at radius 3 is 2.17 bits per heavy atom. The van der Waals surface area contributed by atoms with Gasteiger partial charge in [0.25, 0.3) is 0 Å². The largest absolute Gasteiger partial charge is 0.385 e. The lowest BCUT2D eigenvalue weighted by molar-refractivity contribution is 0.204. The Bertz CT molecular complexity index is 15.0. The zero-order chi connectivity index (χ0) is 4.12. The van der Waals surface area contributed by atoms with Gasteiger partial charge in [-0.3, -0.25) is 0 Å². The van der Waals surface area contributed by atoms with Crippen LogP contribution in [0.3, 0.4) is 0 Å². The summed E-state index contributed by atoms with van der Waals surface area (Å²) in [5.41, 5.74) is 0. The Morgan fingerprint density at radius 2 is 2.17 bits per heavy atom. The van der Waals surface area contributed by atoms with Gasteiger partial charge in [0.1, 0.15) is 0 Å². The van der Waals surface area contributed by atoms with Gasteiger partial charge >= 0.3 is 0 Å². The van der Waals surface area contributed by atoms with Crippen LogP contribution in [0.5, 0.6) is 0 Å². The van der Waals surface area contributed by atoms with Crippen molar-refractivity contribution in [3.63, 3.8) is 0 Å². The SMILES string of the molecule is [AlH3].[CH2]CCOC. The zero-order valence-electron chi connectivity index (χ0n) is 3.53. The molecule has 1 radical (unpaired) electrons. The van der Waals surface area contributed by atoms with Gasteiger partial charge in [0.15, 0.2) is 17.4 Å². The van der Waals surface area contributed by atoms with Crippen LogP contribution in [0.4, 0.5) is 0 Å². The molecule has 37 valence electrons. The molecule has 0 heterocycles. The maximum absolute atomic E-state index is 4.63. The van der Waals surface area contributed by atoms with Crippen LogP contribution in [0, 0.1) is 6.92 Å². The van der Waals surface area contributed by atoms with Crippen LogP contribution < -0.4 is 0 Å². The van der Waals surface area contributed by atoms with Crippen LogP contribution in [0.15, 0.2) is 0 Å². The molecule has 0 spiro atoms. The molecular weight excluding hydrogens is 91.0 g/mol. The van der Waals surface area contributed by atoms with Gasteiger partial charge in [0.05, 0.1) is 0 Å². The molecule has 0 N–H and O–H groups in total. The predicted molar refractivity (Wildman–Crippen MR) is 31.8 cm³/mol. The van der Waals surface area contributed by atoms with E-state index in [0.29, 0.717) is 0 Å². The van der Waals surface area contributed by atoms with E-state index in [-0.39, 0.29) is 17.4 Å². The summed E-state index contributed by atoms with van der Waals surface area (Å²) in [6.45, 7) is 4.33. The normalized spacial score (nSPS) is 7.00. The summed E-state index contributed by atoms with van der Waals surface area (Å²) < 4.78 is 4.63. The van der Waals surface area contributed by atoms with Crippen molar-refractivity contribution in [3.8, 4) is 0 Å². The second kappa shape index (κ2) is 9.09. The van der Waals surface area contributed by atoms with Crippen LogP contribution in [0.2, 0.25) is 0 Å². The Morgan fingerprint density at radius 1 is 1.67 bits per heavy atom. The third kappa shape index (κ3) is 8.82. The standard InChI is InChI=1S/C4H9O.Al.3H/c1-3-4-5-2;;;;/h1,3-4H2,2H3;;;;. The average Bonchev–Trinajstić information content (AvgIpc) is 1.41. The zero-order valence-corrected chi connectivity index (χ0v) is 3.53. The van der Waals surface area contributed by atoms with E-state index in [0.717, 1.165) is 13.0 Å². The van der Waals surface area contributed by atoms with Crippen molar-refractivity contribution in [2.75, 3.05) is 13.7 Å². The molecule has 0 aromatic carbocycles. The topological polar surface area (TPSA) is 9.23 Å². The van der Waals surface area contributed by atoms with E-state index in [4.69, 9.17) is 0 Å². The minimum atomic E-state index is 0. The minimum absolute atomic E-state index is 0. The molecule has 0 amide bonds. The van der Waals surface area contributed by atoms with Crippen molar-refractivity contribution in [1.29, 1.82) is 0 Å². The molecular formula is C4H12AlO. The number of hydrogen-bond acceptors (Lipinski definition) is 1. The van der Waals surface area contributed by atoms with E-state index < -0.39 is 0 Å². The Hall–Kier alpha value is 0.492. The molecule has 0 bridgehead atoms. The van der Waals surface area contributed by atoms with Gasteiger partial charge in [-0.15, -0.1) is 0 Å². The highest BCUT2D eigenvalue weighted by molar-refractivity contribution is 5.75. The smallest absolute Gasteiger partial charge is 0.187 e. The van der Waals surface area contributed by atoms with E-state index in [9.17, 15) is 0 Å². The first-order valence-corrected chi connectivity index (χ1v) is 1.70. The fourth-order valence-electron chi connectivity index (χ4n) is 0.144. The number of methoxy groups -OCH3 is 1. The quantitative estimate of drug-likeness (QED) is 0.435. The van der Waals surface area contributed by atoms with Gasteiger partial charge in [0.2, 0.25) is 0 Å². The molecule has 0 aliphatic rings. The highest BCUT2D eigenvalue weighted by Gasteiger charge is 1.66. The second-order valence-electron chi connectivity index (χ2n) is 0.846. The van der Waals surface area contributed by atoms with Crippen LogP contribution in [0.25, 0.3) is 0 Å². The summed E-state index contributed by atoms with van der Waals surface area (Å²) in [6.07, 6.45) is 0.872. The Kier molecular flexibility index (Phi) is 14.7. The summed E-state index contributed by atoms with van der Waals surface area (Å²) in [6, 6.07) is 0. The molecule has 0 aromatic heterocycles. The molecule has 2 heteroatoms. The molecule has 0 fully saturated rings. The van der Waals surface area contributed by atoms with Crippen molar-refractivity contribution in [2.24, 2.45) is 0 Å². The number of hydrogen-bond donors (Lipinski definition) is 0. The molecule has 0 unspecified atom stereocenters. The summed E-state index contributed by atoms with van der Waals surface area (Å²) >= 11 is 0. The summed E-state index contributed by atoms with van der Waals surface area (Å²) in [4.78, 5) is 0. The molecule has 0 saturated carbocycles. The van der Waals surface area contributed by atoms with Gasteiger partial charge in [-0.25, -0.2) is 0 Å². The predicted octanol–water partition coefficient (Wildman–Crippen LogP) is -0.327. The summed E-state index contributed by atoms with van der Waals surface area (Å²) in [5, 5.41) is 0. The molecule has 0 aromatic rings. The molecule has 0 atom stereocenters. The van der Waals surface area contributed by atoms with E-state index in [2.05, 4.69) is 11.7 Å². The summed E-state index contributed by atoms with van der Waals surface area (Å²) in [7, 11) is 1.67. The fourth-order valence-corrected chi connectivity index (χ4v) is 0.144. The third-order valence-electron chi connectivity index (χ3n) is 0.348. The highest BCUT2D eigenvalue weighted by atomic mass is 27.0. The second-order valence-corrected chi connectivity index (χ2v) is 0.846. The lowest BCUT2D eigenvalue weighted by atomic mass is 10.5. The maximum Gasteiger partial charge on any atom is 0.187 e. The van der Waals surface area contributed by atoms with Crippen molar-refractivity contribution < 1.29 is 4.74 Å². The first-order valence-electron chi connectivity index (χ1n) is 1.70. The van der Waals surface area contributed by atoms with E-state index >= 15 is 0 Å². The lowest BCUT2D eigenvalue weighted by Gasteiger charge is -1.84.